The van der Waals surface area contributed by atoms with E-state index in [1.807, 2.05) is 30.5 Å². The molecule has 1 saturated heterocycles. The van der Waals surface area contributed by atoms with E-state index in [0.717, 1.165) is 36.3 Å². The second kappa shape index (κ2) is 8.82. The van der Waals surface area contributed by atoms with E-state index in [-0.39, 0.29) is 5.39 Å². The number of rotatable bonds is 5. The molecule has 10 heteroatoms. The highest BCUT2D eigenvalue weighted by atomic mass is 19.1. The molecule has 182 valence electrons. The smallest absolute Gasteiger partial charge is 0.161 e. The number of likely N-dealkylation sites (tertiary alicyclic amines) is 1. The number of nitrogens with one attached hydrogen (secondary N) is 2. The second-order valence-corrected chi connectivity index (χ2v) is 9.22. The van der Waals surface area contributed by atoms with Crippen molar-refractivity contribution in [3.05, 3.63) is 72.8 Å². The third-order valence-electron chi connectivity index (χ3n) is 6.84. The molecule has 1 fully saturated rings. The monoisotopic (exact) mass is 491 g/mol. The Hall–Kier alpha value is -4.57. The van der Waals surface area contributed by atoms with Gasteiger partial charge in [0.05, 0.1) is 5.39 Å². The topological polar surface area (TPSA) is 112 Å². The summed E-state index contributed by atoms with van der Waals surface area (Å²) in [6.45, 7) is 2.97. The maximum Gasteiger partial charge on any atom is 0.161 e. The summed E-state index contributed by atoms with van der Waals surface area (Å²) in [5.74, 6) is -0.00865. The number of pyridine rings is 4. The molecule has 6 aromatic heterocycles. The van der Waals surface area contributed by atoms with Gasteiger partial charge in [0.25, 0.3) is 0 Å². The van der Waals surface area contributed by atoms with Gasteiger partial charge in [-0.05, 0) is 61.3 Å². The minimum Gasteiger partial charge on any atom is -0.321 e. The first-order valence-electron chi connectivity index (χ1n) is 12.2. The van der Waals surface area contributed by atoms with Crippen LogP contribution in [0.15, 0.2) is 61.4 Å². The fourth-order valence-electron chi connectivity index (χ4n) is 5.03. The number of aromatic amines is 2. The molecule has 2 N–H and O–H groups in total. The Balaban J connectivity index is 1.32. The Morgan fingerprint density at radius 1 is 0.865 bits per heavy atom. The van der Waals surface area contributed by atoms with Crippen LogP contribution in [-0.2, 0) is 6.54 Å². The van der Waals surface area contributed by atoms with Crippen LogP contribution in [0.2, 0.25) is 0 Å². The summed E-state index contributed by atoms with van der Waals surface area (Å²) in [7, 11) is 0. The minimum atomic E-state index is -0.420. The number of hydrogen-bond acceptors (Lipinski definition) is 7. The zero-order valence-electron chi connectivity index (χ0n) is 19.8. The maximum absolute atomic E-state index is 16.1. The number of H-pyrrole nitrogens is 2. The van der Waals surface area contributed by atoms with Gasteiger partial charge in [-0.3, -0.25) is 20.0 Å². The van der Waals surface area contributed by atoms with E-state index in [4.69, 9.17) is 4.98 Å². The molecule has 37 heavy (non-hydrogen) atoms. The van der Waals surface area contributed by atoms with Crippen molar-refractivity contribution in [1.82, 2.24) is 45.0 Å². The molecule has 0 spiro atoms. The van der Waals surface area contributed by atoms with Crippen molar-refractivity contribution >= 4 is 22.2 Å². The number of aromatic nitrogens is 8. The summed E-state index contributed by atoms with van der Waals surface area (Å²) < 4.78 is 16.1. The lowest BCUT2D eigenvalue weighted by Gasteiger charge is -2.15. The normalized spacial score (nSPS) is 14.2. The Kier molecular flexibility index (Phi) is 5.17. The van der Waals surface area contributed by atoms with Crippen LogP contribution < -0.4 is 0 Å². The molecule has 6 aromatic rings. The van der Waals surface area contributed by atoms with Crippen molar-refractivity contribution in [2.45, 2.75) is 19.4 Å². The molecule has 1 aliphatic heterocycles. The summed E-state index contributed by atoms with van der Waals surface area (Å²) in [6, 6.07) is 7.71. The number of hydrogen-bond donors (Lipinski definition) is 2. The van der Waals surface area contributed by atoms with Crippen LogP contribution in [0, 0.1) is 5.82 Å². The molecular weight excluding hydrogens is 469 g/mol. The van der Waals surface area contributed by atoms with Gasteiger partial charge < -0.3 is 4.98 Å². The van der Waals surface area contributed by atoms with E-state index in [1.54, 1.807) is 24.8 Å². The molecule has 0 radical (unpaired) electrons. The maximum atomic E-state index is 16.1. The third-order valence-corrected chi connectivity index (χ3v) is 6.84. The molecular formula is C27H22FN9. The van der Waals surface area contributed by atoms with Crippen LogP contribution >= 0.6 is 0 Å². The van der Waals surface area contributed by atoms with Gasteiger partial charge in [0.1, 0.15) is 17.0 Å². The highest BCUT2D eigenvalue weighted by Gasteiger charge is 2.22. The predicted molar refractivity (Wildman–Crippen MR) is 138 cm³/mol. The SMILES string of the molecule is Fc1c(-c2cncc(CN3CCCC3)c2)cnc2[nH]nc(-c3nc4c(-c5ccncc5)ccnc4[nH]3)c12. The van der Waals surface area contributed by atoms with E-state index < -0.39 is 5.82 Å². The van der Waals surface area contributed by atoms with Gasteiger partial charge in [-0.2, -0.15) is 5.10 Å². The quantitative estimate of drug-likeness (QED) is 0.358. The van der Waals surface area contributed by atoms with Crippen molar-refractivity contribution in [1.29, 1.82) is 0 Å². The fourth-order valence-corrected chi connectivity index (χ4v) is 5.03. The summed E-state index contributed by atoms with van der Waals surface area (Å²) in [5, 5.41) is 7.48. The van der Waals surface area contributed by atoms with Crippen molar-refractivity contribution in [2.24, 2.45) is 0 Å². The first-order chi connectivity index (χ1) is 18.2. The average molecular weight is 492 g/mol. The molecule has 0 saturated carbocycles. The van der Waals surface area contributed by atoms with Crippen LogP contribution in [0.5, 0.6) is 0 Å². The van der Waals surface area contributed by atoms with Gasteiger partial charge in [0.2, 0.25) is 0 Å². The first-order valence-corrected chi connectivity index (χ1v) is 12.2. The molecule has 0 atom stereocenters. The Morgan fingerprint density at radius 3 is 2.59 bits per heavy atom. The van der Waals surface area contributed by atoms with Crippen LogP contribution in [0.1, 0.15) is 18.4 Å². The molecule has 7 rings (SSSR count). The van der Waals surface area contributed by atoms with Gasteiger partial charge in [0, 0.05) is 60.4 Å². The third kappa shape index (κ3) is 3.82. The number of fused-ring (bicyclic) bond motifs is 2. The lowest BCUT2D eigenvalue weighted by atomic mass is 10.0. The van der Waals surface area contributed by atoms with E-state index in [9.17, 15) is 0 Å². The van der Waals surface area contributed by atoms with E-state index in [0.29, 0.717) is 39.5 Å². The zero-order valence-corrected chi connectivity index (χ0v) is 19.8. The fraction of sp³-hybridized carbons (Fsp3) is 0.185. The van der Waals surface area contributed by atoms with E-state index in [2.05, 4.69) is 40.0 Å². The van der Waals surface area contributed by atoms with Gasteiger partial charge in [-0.15, -0.1) is 0 Å². The van der Waals surface area contributed by atoms with Gasteiger partial charge in [0.15, 0.2) is 17.1 Å². The summed E-state index contributed by atoms with van der Waals surface area (Å²) in [5.41, 5.74) is 5.92. The minimum absolute atomic E-state index is 0.270. The van der Waals surface area contributed by atoms with Crippen molar-refractivity contribution in [2.75, 3.05) is 13.1 Å². The van der Waals surface area contributed by atoms with Gasteiger partial charge >= 0.3 is 0 Å². The predicted octanol–water partition coefficient (Wildman–Crippen LogP) is 4.76. The molecule has 9 nitrogen and oxygen atoms in total. The summed E-state index contributed by atoms with van der Waals surface area (Å²) in [4.78, 5) is 27.7. The highest BCUT2D eigenvalue weighted by molar-refractivity contribution is 5.96. The molecule has 7 heterocycles. The zero-order chi connectivity index (χ0) is 24.8. The van der Waals surface area contributed by atoms with Crippen LogP contribution in [0.25, 0.3) is 56.0 Å². The van der Waals surface area contributed by atoms with Crippen LogP contribution in [0.4, 0.5) is 4.39 Å². The second-order valence-electron chi connectivity index (χ2n) is 9.22. The molecule has 1 aliphatic rings. The van der Waals surface area contributed by atoms with Crippen molar-refractivity contribution < 1.29 is 4.39 Å². The number of imidazole rings is 1. The molecule has 0 bridgehead atoms. The number of halogens is 1. The van der Waals surface area contributed by atoms with Crippen LogP contribution in [0.3, 0.4) is 0 Å². The summed E-state index contributed by atoms with van der Waals surface area (Å²) >= 11 is 0. The lowest BCUT2D eigenvalue weighted by Crippen LogP contribution is -2.18. The van der Waals surface area contributed by atoms with E-state index in [1.165, 1.54) is 19.0 Å². The molecule has 0 unspecified atom stereocenters. The first kappa shape index (κ1) is 21.7. The largest absolute Gasteiger partial charge is 0.321 e. The average Bonchev–Trinajstić information content (AvgIpc) is 3.69. The highest BCUT2D eigenvalue weighted by Crippen LogP contribution is 2.34. The van der Waals surface area contributed by atoms with Crippen molar-refractivity contribution in [3.63, 3.8) is 0 Å². The van der Waals surface area contributed by atoms with Crippen molar-refractivity contribution in [3.8, 4) is 33.8 Å². The lowest BCUT2D eigenvalue weighted by molar-refractivity contribution is 0.331. The standard InChI is InChI=1S/C27H22FN9/c28-22-20(18-11-16(12-30-13-18)15-37-9-1-2-10-37)14-32-25-21(22)24(35-36-25)27-33-23-19(5-8-31-26(23)34-27)17-3-6-29-7-4-17/h3-8,11-14H,1-2,9-10,15H2,(H,31,33,34)(H,32,35,36). The van der Waals surface area contributed by atoms with Gasteiger partial charge in [-0.25, -0.2) is 19.3 Å². The van der Waals surface area contributed by atoms with Gasteiger partial charge in [-0.1, -0.05) is 0 Å². The molecule has 0 amide bonds. The summed E-state index contributed by atoms with van der Waals surface area (Å²) in [6.07, 6.45) is 12.6. The Labute approximate surface area is 210 Å². The van der Waals surface area contributed by atoms with E-state index >= 15 is 4.39 Å². The Bertz CT molecular complexity index is 1740. The molecule has 0 aromatic carbocycles. The Morgan fingerprint density at radius 2 is 1.73 bits per heavy atom. The van der Waals surface area contributed by atoms with Crippen LogP contribution in [-0.4, -0.2) is 58.1 Å². The molecule has 0 aliphatic carbocycles. The number of nitrogens with zero attached hydrogens (tertiary/aromatic N) is 7.